The van der Waals surface area contributed by atoms with Gasteiger partial charge in [-0.3, -0.25) is 4.79 Å². The summed E-state index contributed by atoms with van der Waals surface area (Å²) < 4.78 is 20.1. The number of hydrogen-bond donors (Lipinski definition) is 1. The van der Waals surface area contributed by atoms with Crippen molar-refractivity contribution < 1.29 is 33.3 Å². The van der Waals surface area contributed by atoms with Crippen molar-refractivity contribution in [2.24, 2.45) is 5.73 Å². The van der Waals surface area contributed by atoms with E-state index in [0.717, 1.165) is 25.7 Å². The SMILES string of the molecule is C.COCC(COC(=O)OCCCCCC(C)=O)OC(=O)CCCCCN. The van der Waals surface area contributed by atoms with Gasteiger partial charge in [0, 0.05) is 20.0 Å². The van der Waals surface area contributed by atoms with Gasteiger partial charge in [-0.05, 0) is 45.6 Å². The third-order valence-electron chi connectivity index (χ3n) is 3.52. The molecule has 0 rings (SSSR count). The maximum absolute atomic E-state index is 11.8. The van der Waals surface area contributed by atoms with Crippen LogP contribution in [0.1, 0.15) is 65.7 Å². The van der Waals surface area contributed by atoms with Crippen LogP contribution < -0.4 is 5.73 Å². The van der Waals surface area contributed by atoms with Crippen molar-refractivity contribution in [3.63, 3.8) is 0 Å². The summed E-state index contributed by atoms with van der Waals surface area (Å²) in [5.41, 5.74) is 5.40. The van der Waals surface area contributed by atoms with Gasteiger partial charge in [0.05, 0.1) is 13.2 Å². The lowest BCUT2D eigenvalue weighted by Crippen LogP contribution is -2.29. The van der Waals surface area contributed by atoms with E-state index in [4.69, 9.17) is 24.7 Å². The Morgan fingerprint density at radius 2 is 1.56 bits per heavy atom. The van der Waals surface area contributed by atoms with Crippen molar-refractivity contribution in [1.82, 2.24) is 0 Å². The molecular formula is C19H37NO7. The van der Waals surface area contributed by atoms with E-state index in [9.17, 15) is 14.4 Å². The second-order valence-electron chi connectivity index (χ2n) is 6.09. The maximum atomic E-state index is 11.8. The summed E-state index contributed by atoms with van der Waals surface area (Å²) in [4.78, 5) is 34.1. The molecular weight excluding hydrogens is 354 g/mol. The Labute approximate surface area is 163 Å². The van der Waals surface area contributed by atoms with Crippen LogP contribution in [-0.4, -0.2) is 57.5 Å². The fraction of sp³-hybridized carbons (Fsp3) is 0.842. The number of methoxy groups -OCH3 is 1. The number of rotatable bonds is 16. The molecule has 0 aliphatic rings. The van der Waals surface area contributed by atoms with Crippen LogP contribution in [0.4, 0.5) is 4.79 Å². The van der Waals surface area contributed by atoms with E-state index in [1.54, 1.807) is 6.92 Å². The predicted molar refractivity (Wildman–Crippen MR) is 102 cm³/mol. The minimum Gasteiger partial charge on any atom is -0.456 e. The van der Waals surface area contributed by atoms with Gasteiger partial charge in [-0.25, -0.2) is 4.79 Å². The van der Waals surface area contributed by atoms with Crippen LogP contribution in [0.5, 0.6) is 0 Å². The molecule has 2 N–H and O–H groups in total. The third-order valence-corrected chi connectivity index (χ3v) is 3.52. The van der Waals surface area contributed by atoms with Crippen molar-refractivity contribution in [3.8, 4) is 0 Å². The zero-order valence-corrected chi connectivity index (χ0v) is 16.0. The summed E-state index contributed by atoms with van der Waals surface area (Å²) >= 11 is 0. The molecule has 0 saturated carbocycles. The normalized spacial score (nSPS) is 11.2. The molecule has 1 atom stereocenters. The molecule has 160 valence electrons. The molecule has 0 radical (unpaired) electrons. The van der Waals surface area contributed by atoms with Gasteiger partial charge in [0.1, 0.15) is 12.4 Å². The van der Waals surface area contributed by atoms with Crippen LogP contribution >= 0.6 is 0 Å². The van der Waals surface area contributed by atoms with Crippen molar-refractivity contribution in [2.75, 3.05) is 33.5 Å². The molecule has 0 bridgehead atoms. The van der Waals surface area contributed by atoms with Gasteiger partial charge in [-0.1, -0.05) is 13.8 Å². The minimum absolute atomic E-state index is 0. The predicted octanol–water partition coefficient (Wildman–Crippen LogP) is 3.00. The van der Waals surface area contributed by atoms with Gasteiger partial charge in [-0.2, -0.15) is 0 Å². The Morgan fingerprint density at radius 1 is 0.889 bits per heavy atom. The molecule has 1 unspecified atom stereocenters. The Bertz CT molecular complexity index is 402. The van der Waals surface area contributed by atoms with E-state index in [2.05, 4.69) is 0 Å². The highest BCUT2D eigenvalue weighted by Gasteiger charge is 2.17. The second kappa shape index (κ2) is 19.1. The van der Waals surface area contributed by atoms with E-state index >= 15 is 0 Å². The standard InChI is InChI=1S/C18H33NO7.CH4/c1-15(20)9-5-4-8-12-24-18(22)25-14-16(13-23-2)26-17(21)10-6-3-7-11-19;/h16H,3-14,19H2,1-2H3;1H4. The molecule has 0 aliphatic heterocycles. The van der Waals surface area contributed by atoms with E-state index in [1.165, 1.54) is 7.11 Å². The highest BCUT2D eigenvalue weighted by Crippen LogP contribution is 2.05. The van der Waals surface area contributed by atoms with Gasteiger partial charge < -0.3 is 29.5 Å². The maximum Gasteiger partial charge on any atom is 0.508 e. The van der Waals surface area contributed by atoms with Gasteiger partial charge in [0.15, 0.2) is 6.10 Å². The molecule has 8 nitrogen and oxygen atoms in total. The van der Waals surface area contributed by atoms with Gasteiger partial charge in [0.2, 0.25) is 0 Å². The van der Waals surface area contributed by atoms with Gasteiger partial charge >= 0.3 is 12.1 Å². The molecule has 0 saturated heterocycles. The number of nitrogens with two attached hydrogens (primary N) is 1. The molecule has 0 aromatic heterocycles. The molecule has 0 fully saturated rings. The average molecular weight is 392 g/mol. The Hall–Kier alpha value is -1.67. The van der Waals surface area contributed by atoms with Gasteiger partial charge in [0.25, 0.3) is 0 Å². The number of unbranched alkanes of at least 4 members (excludes halogenated alkanes) is 4. The van der Waals surface area contributed by atoms with Crippen molar-refractivity contribution >= 4 is 17.9 Å². The van der Waals surface area contributed by atoms with Crippen molar-refractivity contribution in [2.45, 2.75) is 71.8 Å². The lowest BCUT2D eigenvalue weighted by Gasteiger charge is -2.17. The first kappa shape index (κ1) is 27.5. The van der Waals surface area contributed by atoms with Crippen LogP contribution in [0.2, 0.25) is 0 Å². The molecule has 27 heavy (non-hydrogen) atoms. The Kier molecular flexibility index (Phi) is 19.5. The number of hydrogen-bond acceptors (Lipinski definition) is 8. The first-order valence-electron chi connectivity index (χ1n) is 9.17. The summed E-state index contributed by atoms with van der Waals surface area (Å²) in [6.45, 7) is 2.40. The Balaban J connectivity index is 0. The number of carbonyl (C=O) groups excluding carboxylic acids is 3. The smallest absolute Gasteiger partial charge is 0.456 e. The molecule has 0 aliphatic carbocycles. The number of esters is 1. The van der Waals surface area contributed by atoms with Gasteiger partial charge in [-0.15, -0.1) is 0 Å². The zero-order valence-electron chi connectivity index (χ0n) is 16.0. The monoisotopic (exact) mass is 391 g/mol. The summed E-state index contributed by atoms with van der Waals surface area (Å²) in [5, 5.41) is 0. The molecule has 0 heterocycles. The minimum atomic E-state index is -0.809. The number of ketones is 1. The van der Waals surface area contributed by atoms with Crippen LogP contribution in [0.3, 0.4) is 0 Å². The second-order valence-corrected chi connectivity index (χ2v) is 6.09. The summed E-state index contributed by atoms with van der Waals surface area (Å²) in [7, 11) is 1.47. The van der Waals surface area contributed by atoms with E-state index in [1.807, 2.05) is 0 Å². The van der Waals surface area contributed by atoms with Crippen LogP contribution in [0.25, 0.3) is 0 Å². The van der Waals surface area contributed by atoms with Crippen LogP contribution in [0, 0.1) is 0 Å². The number of Topliss-reactive ketones (excluding diaryl/α,β-unsaturated/α-hetero) is 1. The summed E-state index contributed by atoms with van der Waals surface area (Å²) in [5.74, 6) is -0.199. The molecule has 0 spiro atoms. The van der Waals surface area contributed by atoms with E-state index < -0.39 is 12.3 Å². The molecule has 0 amide bonds. The fourth-order valence-corrected chi connectivity index (χ4v) is 2.15. The average Bonchev–Trinajstić information content (AvgIpc) is 2.59. The topological polar surface area (TPSA) is 114 Å². The highest BCUT2D eigenvalue weighted by atomic mass is 16.7. The summed E-state index contributed by atoms with van der Waals surface area (Å²) in [6, 6.07) is 0. The lowest BCUT2D eigenvalue weighted by atomic mass is 10.1. The largest absolute Gasteiger partial charge is 0.508 e. The first-order chi connectivity index (χ1) is 12.5. The molecule has 0 aromatic rings. The van der Waals surface area contributed by atoms with Crippen molar-refractivity contribution in [3.05, 3.63) is 0 Å². The fourth-order valence-electron chi connectivity index (χ4n) is 2.15. The Morgan fingerprint density at radius 3 is 2.19 bits per heavy atom. The third kappa shape index (κ3) is 18.9. The lowest BCUT2D eigenvalue weighted by molar-refractivity contribution is -0.154. The highest BCUT2D eigenvalue weighted by molar-refractivity contribution is 5.75. The first-order valence-corrected chi connectivity index (χ1v) is 9.17. The number of ether oxygens (including phenoxy) is 4. The quantitative estimate of drug-likeness (QED) is 0.315. The molecule has 0 aromatic carbocycles. The number of carbonyl (C=O) groups is 3. The zero-order chi connectivity index (χ0) is 19.6. The molecule has 8 heteroatoms. The van der Waals surface area contributed by atoms with Crippen LogP contribution in [-0.2, 0) is 28.5 Å². The summed E-state index contributed by atoms with van der Waals surface area (Å²) in [6.07, 6.45) is 4.08. The van der Waals surface area contributed by atoms with Crippen molar-refractivity contribution in [1.29, 1.82) is 0 Å². The van der Waals surface area contributed by atoms with Crippen LogP contribution in [0.15, 0.2) is 0 Å². The van der Waals surface area contributed by atoms with E-state index in [0.29, 0.717) is 32.2 Å². The van der Waals surface area contributed by atoms with E-state index in [-0.39, 0.29) is 39.0 Å².